The molecule has 0 aliphatic carbocycles. The predicted octanol–water partition coefficient (Wildman–Crippen LogP) is 1.17. The van der Waals surface area contributed by atoms with Crippen molar-refractivity contribution in [3.63, 3.8) is 0 Å². The second kappa shape index (κ2) is 7.63. The highest BCUT2D eigenvalue weighted by Gasteiger charge is 2.25. The smallest absolute Gasteiger partial charge is 0.237 e. The van der Waals surface area contributed by atoms with Crippen LogP contribution in [0, 0.1) is 0 Å². The van der Waals surface area contributed by atoms with Crippen LogP contribution in [0.4, 0.5) is 0 Å². The van der Waals surface area contributed by atoms with Crippen molar-refractivity contribution in [1.29, 1.82) is 0 Å². The average Bonchev–Trinajstić information content (AvgIpc) is 2.26. The van der Waals surface area contributed by atoms with Crippen LogP contribution < -0.4 is 11.1 Å². The summed E-state index contributed by atoms with van der Waals surface area (Å²) in [5.74, 6) is -0.105. The number of nitrogens with one attached hydrogen (secondary N) is 1. The molecule has 16 heavy (non-hydrogen) atoms. The minimum atomic E-state index is -0.426. The van der Waals surface area contributed by atoms with E-state index in [0.717, 1.165) is 25.7 Å². The molecule has 0 aliphatic rings. The van der Waals surface area contributed by atoms with Gasteiger partial charge in [-0.3, -0.25) is 4.79 Å². The van der Waals surface area contributed by atoms with Crippen molar-refractivity contribution in [2.24, 2.45) is 5.73 Å². The Kier molecular flexibility index (Phi) is 7.34. The van der Waals surface area contributed by atoms with Gasteiger partial charge in [-0.25, -0.2) is 0 Å². The molecule has 1 amide bonds. The third-order valence-electron chi connectivity index (χ3n) is 3.07. The van der Waals surface area contributed by atoms with Crippen molar-refractivity contribution in [2.75, 3.05) is 6.61 Å². The van der Waals surface area contributed by atoms with E-state index < -0.39 is 6.04 Å². The molecule has 4 heteroatoms. The van der Waals surface area contributed by atoms with Gasteiger partial charge in [-0.05, 0) is 26.2 Å². The first kappa shape index (κ1) is 15.4. The maximum atomic E-state index is 11.8. The molecule has 4 N–H and O–H groups in total. The van der Waals surface area contributed by atoms with Gasteiger partial charge in [0.1, 0.15) is 0 Å². The Bertz CT molecular complexity index is 209. The highest BCUT2D eigenvalue weighted by atomic mass is 16.3. The van der Waals surface area contributed by atoms with Gasteiger partial charge in [-0.15, -0.1) is 0 Å². The molecule has 0 spiro atoms. The van der Waals surface area contributed by atoms with Crippen molar-refractivity contribution >= 4 is 5.91 Å². The molecule has 96 valence electrons. The molecular weight excluding hydrogens is 204 g/mol. The van der Waals surface area contributed by atoms with Gasteiger partial charge in [0.15, 0.2) is 0 Å². The van der Waals surface area contributed by atoms with E-state index in [9.17, 15) is 4.79 Å². The third-order valence-corrected chi connectivity index (χ3v) is 3.07. The van der Waals surface area contributed by atoms with E-state index in [2.05, 4.69) is 12.2 Å². The molecule has 0 aromatic rings. The van der Waals surface area contributed by atoms with Crippen molar-refractivity contribution in [3.8, 4) is 0 Å². The quantitative estimate of drug-likeness (QED) is 0.586. The van der Waals surface area contributed by atoms with Crippen molar-refractivity contribution < 1.29 is 9.90 Å². The topological polar surface area (TPSA) is 75.4 Å². The number of amides is 1. The van der Waals surface area contributed by atoms with Gasteiger partial charge in [0.05, 0.1) is 6.04 Å². The normalized spacial score (nSPS) is 16.6. The molecule has 1 unspecified atom stereocenters. The van der Waals surface area contributed by atoms with E-state index in [4.69, 9.17) is 10.8 Å². The third kappa shape index (κ3) is 5.47. The maximum Gasteiger partial charge on any atom is 0.237 e. The number of rotatable bonds is 8. The highest BCUT2D eigenvalue weighted by molar-refractivity contribution is 5.82. The lowest BCUT2D eigenvalue weighted by Crippen LogP contribution is -2.52. The minimum absolute atomic E-state index is 0.0782. The monoisotopic (exact) mass is 230 g/mol. The molecule has 2 atom stereocenters. The molecule has 0 aromatic heterocycles. The largest absolute Gasteiger partial charge is 0.396 e. The van der Waals surface area contributed by atoms with Crippen LogP contribution in [0.15, 0.2) is 0 Å². The standard InChI is InChI=1S/C12H26N2O2/c1-4-6-7-10(13)11(16)14-12(3,5-2)8-9-15/h10,15H,4-9,13H2,1-3H3,(H,14,16)/t10-,12?/m0/s1. The Morgan fingerprint density at radius 2 is 2.12 bits per heavy atom. The summed E-state index contributed by atoms with van der Waals surface area (Å²) < 4.78 is 0. The van der Waals surface area contributed by atoms with Crippen LogP contribution in [0.1, 0.15) is 52.9 Å². The maximum absolute atomic E-state index is 11.8. The first-order valence-corrected chi connectivity index (χ1v) is 6.17. The Morgan fingerprint density at radius 1 is 1.50 bits per heavy atom. The van der Waals surface area contributed by atoms with Crippen LogP contribution in [0.3, 0.4) is 0 Å². The average molecular weight is 230 g/mol. The van der Waals surface area contributed by atoms with Crippen LogP contribution in [-0.2, 0) is 4.79 Å². The van der Waals surface area contributed by atoms with Crippen LogP contribution in [0.25, 0.3) is 0 Å². The number of aliphatic hydroxyl groups is 1. The molecule has 0 aromatic carbocycles. The van der Waals surface area contributed by atoms with Gasteiger partial charge in [-0.2, -0.15) is 0 Å². The Hall–Kier alpha value is -0.610. The Labute approximate surface area is 98.6 Å². The zero-order valence-electron chi connectivity index (χ0n) is 10.8. The zero-order valence-corrected chi connectivity index (χ0v) is 10.8. The number of aliphatic hydroxyl groups excluding tert-OH is 1. The zero-order chi connectivity index (χ0) is 12.6. The number of hydrogen-bond acceptors (Lipinski definition) is 3. The molecule has 0 aliphatic heterocycles. The summed E-state index contributed by atoms with van der Waals surface area (Å²) in [6.07, 6.45) is 4.09. The van der Waals surface area contributed by atoms with E-state index in [-0.39, 0.29) is 18.1 Å². The lowest BCUT2D eigenvalue weighted by Gasteiger charge is -2.30. The van der Waals surface area contributed by atoms with E-state index in [1.54, 1.807) is 0 Å². The molecular formula is C12H26N2O2. The number of nitrogens with two attached hydrogens (primary N) is 1. The summed E-state index contributed by atoms with van der Waals surface area (Å²) in [6, 6.07) is -0.426. The molecule has 0 saturated heterocycles. The second-order valence-corrected chi connectivity index (χ2v) is 4.63. The van der Waals surface area contributed by atoms with E-state index in [1.807, 2.05) is 13.8 Å². The summed E-state index contributed by atoms with van der Waals surface area (Å²) in [7, 11) is 0. The van der Waals surface area contributed by atoms with E-state index in [0.29, 0.717) is 6.42 Å². The van der Waals surface area contributed by atoms with Crippen LogP contribution >= 0.6 is 0 Å². The Balaban J connectivity index is 4.18. The number of hydrogen-bond donors (Lipinski definition) is 3. The van der Waals surface area contributed by atoms with Crippen LogP contribution in [0.5, 0.6) is 0 Å². The molecule has 0 fully saturated rings. The van der Waals surface area contributed by atoms with Gasteiger partial charge in [-0.1, -0.05) is 26.7 Å². The molecule has 0 saturated carbocycles. The summed E-state index contributed by atoms with van der Waals surface area (Å²) in [6.45, 7) is 6.09. The van der Waals surface area contributed by atoms with Gasteiger partial charge < -0.3 is 16.2 Å². The Morgan fingerprint density at radius 3 is 2.56 bits per heavy atom. The lowest BCUT2D eigenvalue weighted by molar-refractivity contribution is -0.124. The van der Waals surface area contributed by atoms with Crippen molar-refractivity contribution in [2.45, 2.75) is 64.5 Å². The summed E-state index contributed by atoms with van der Waals surface area (Å²) in [4.78, 5) is 11.8. The fourth-order valence-corrected chi connectivity index (χ4v) is 1.52. The van der Waals surface area contributed by atoms with Gasteiger partial charge >= 0.3 is 0 Å². The molecule has 0 bridgehead atoms. The second-order valence-electron chi connectivity index (χ2n) is 4.63. The first-order valence-electron chi connectivity index (χ1n) is 6.17. The van der Waals surface area contributed by atoms with Gasteiger partial charge in [0, 0.05) is 12.1 Å². The molecule has 0 rings (SSSR count). The molecule has 4 nitrogen and oxygen atoms in total. The van der Waals surface area contributed by atoms with Crippen molar-refractivity contribution in [3.05, 3.63) is 0 Å². The molecule has 0 heterocycles. The summed E-state index contributed by atoms with van der Waals surface area (Å²) in [5.41, 5.74) is 5.45. The fraction of sp³-hybridized carbons (Fsp3) is 0.917. The van der Waals surface area contributed by atoms with E-state index in [1.165, 1.54) is 0 Å². The lowest BCUT2D eigenvalue weighted by atomic mass is 9.94. The van der Waals surface area contributed by atoms with E-state index >= 15 is 0 Å². The van der Waals surface area contributed by atoms with Gasteiger partial charge in [0.2, 0.25) is 5.91 Å². The predicted molar refractivity (Wildman–Crippen MR) is 66.0 cm³/mol. The van der Waals surface area contributed by atoms with Crippen LogP contribution in [0.2, 0.25) is 0 Å². The fourth-order valence-electron chi connectivity index (χ4n) is 1.52. The van der Waals surface area contributed by atoms with Crippen LogP contribution in [-0.4, -0.2) is 29.2 Å². The summed E-state index contributed by atoms with van der Waals surface area (Å²) >= 11 is 0. The number of carbonyl (C=O) groups is 1. The molecule has 0 radical (unpaired) electrons. The number of unbranched alkanes of at least 4 members (excludes halogenated alkanes) is 1. The summed E-state index contributed by atoms with van der Waals surface area (Å²) in [5, 5.41) is 11.9. The first-order chi connectivity index (χ1) is 7.49. The minimum Gasteiger partial charge on any atom is -0.396 e. The highest BCUT2D eigenvalue weighted by Crippen LogP contribution is 2.14. The van der Waals surface area contributed by atoms with Crippen molar-refractivity contribution in [1.82, 2.24) is 5.32 Å². The number of carbonyl (C=O) groups excluding carboxylic acids is 1. The van der Waals surface area contributed by atoms with Gasteiger partial charge in [0.25, 0.3) is 0 Å². The SMILES string of the molecule is CCCC[C@H](N)C(=O)NC(C)(CC)CCO.